The number of amides is 4. The minimum absolute atomic E-state index is 0. The third-order valence-corrected chi connectivity index (χ3v) is 11.2. The van der Waals surface area contributed by atoms with E-state index >= 15 is 0 Å². The third-order valence-electron chi connectivity index (χ3n) is 11.2. The lowest BCUT2D eigenvalue weighted by atomic mass is 10.0. The van der Waals surface area contributed by atoms with Gasteiger partial charge >= 0.3 is 0 Å². The Bertz CT molecular complexity index is 2500. The molecule has 1 fully saturated rings. The molecule has 2 aromatic carbocycles. The molecule has 4 aromatic heterocycles. The molecule has 1 aliphatic carbocycles. The molecule has 4 atom stereocenters. The maximum atomic E-state index is 13.6. The Hall–Kier alpha value is -6.02. The van der Waals surface area contributed by atoms with E-state index in [9.17, 15) is 19.2 Å². The van der Waals surface area contributed by atoms with E-state index in [4.69, 9.17) is 30.9 Å². The van der Waals surface area contributed by atoms with Gasteiger partial charge in [0.1, 0.15) is 47.1 Å². The third kappa shape index (κ3) is 7.23. The number of rotatable bonds is 12. The normalized spacial score (nSPS) is 18.6. The molecule has 6 aromatic rings. The summed E-state index contributed by atoms with van der Waals surface area (Å²) in [5.74, 6) is 0.327. The highest BCUT2D eigenvalue weighted by Gasteiger charge is 2.44. The topological polar surface area (TPSA) is 234 Å². The number of carbonyl (C=O) groups is 4. The van der Waals surface area contributed by atoms with Gasteiger partial charge in [0.15, 0.2) is 0 Å². The van der Waals surface area contributed by atoms with Crippen molar-refractivity contribution < 1.29 is 28.7 Å². The summed E-state index contributed by atoms with van der Waals surface area (Å²) in [6.45, 7) is 9.15. The predicted octanol–water partition coefficient (Wildman–Crippen LogP) is 4.35. The number of aromatic nitrogens is 8. The second-order valence-electron chi connectivity index (χ2n) is 15.1. The van der Waals surface area contributed by atoms with E-state index in [1.807, 2.05) is 36.8 Å². The molecule has 18 nitrogen and oxygen atoms in total. The van der Waals surface area contributed by atoms with E-state index in [2.05, 4.69) is 20.8 Å². The Morgan fingerprint density at radius 3 is 1.46 bits per heavy atom. The van der Waals surface area contributed by atoms with Crippen molar-refractivity contribution in [2.75, 3.05) is 23.8 Å². The van der Waals surface area contributed by atoms with Crippen LogP contribution in [0.3, 0.4) is 0 Å². The first-order chi connectivity index (χ1) is 27.4. The summed E-state index contributed by atoms with van der Waals surface area (Å²) in [5, 5.41) is 14.9. The molecular weight excluding hydrogens is 797 g/mol. The highest BCUT2D eigenvalue weighted by Crippen LogP contribution is 2.52. The lowest BCUT2D eigenvalue weighted by Crippen LogP contribution is -2.27. The van der Waals surface area contributed by atoms with E-state index < -0.39 is 11.8 Å². The Balaban J connectivity index is 0.00000264. The number of nitrogens with one attached hydrogen (secondary N) is 2. The number of primary amides is 2. The molecule has 0 bridgehead atoms. The van der Waals surface area contributed by atoms with Gasteiger partial charge in [0.2, 0.25) is 23.7 Å². The molecule has 59 heavy (non-hydrogen) atoms. The average molecular weight is 843 g/mol. The van der Waals surface area contributed by atoms with Crippen molar-refractivity contribution in [1.29, 1.82) is 0 Å². The van der Waals surface area contributed by atoms with Gasteiger partial charge in [-0.3, -0.25) is 39.2 Å². The van der Waals surface area contributed by atoms with E-state index in [1.165, 1.54) is 0 Å². The lowest BCUT2D eigenvalue weighted by molar-refractivity contribution is 0.0991. The summed E-state index contributed by atoms with van der Waals surface area (Å²) < 4.78 is 19.8. The molecule has 2 unspecified atom stereocenters. The predicted molar refractivity (Wildman–Crippen MR) is 228 cm³/mol. The van der Waals surface area contributed by atoms with Gasteiger partial charge in [0.05, 0.1) is 34.5 Å². The van der Waals surface area contributed by atoms with Crippen LogP contribution in [0.25, 0.3) is 22.1 Å². The van der Waals surface area contributed by atoms with Crippen LogP contribution in [0, 0.1) is 25.7 Å². The van der Waals surface area contributed by atoms with Gasteiger partial charge in [0, 0.05) is 24.2 Å². The molecule has 9 rings (SSSR count). The Morgan fingerprint density at radius 2 is 1.08 bits per heavy atom. The Morgan fingerprint density at radius 1 is 0.678 bits per heavy atom. The number of imidazole rings is 2. The van der Waals surface area contributed by atoms with E-state index in [1.54, 1.807) is 45.8 Å². The summed E-state index contributed by atoms with van der Waals surface area (Å²) in [6.07, 6.45) is 2.41. The first-order valence-electron chi connectivity index (χ1n) is 19.1. The summed E-state index contributed by atoms with van der Waals surface area (Å²) >= 11 is 0. The van der Waals surface area contributed by atoms with E-state index in [-0.39, 0.29) is 62.0 Å². The van der Waals surface area contributed by atoms with Gasteiger partial charge in [-0.05, 0) is 95.2 Å². The largest absolute Gasteiger partial charge is 0.489 e. The van der Waals surface area contributed by atoms with Crippen molar-refractivity contribution in [3.8, 4) is 11.5 Å². The van der Waals surface area contributed by atoms with Crippen LogP contribution >= 0.6 is 27.0 Å². The number of hydrogen-bond donors (Lipinski definition) is 4. The highest BCUT2D eigenvalue weighted by atomic mass is 32.1. The molecule has 0 spiro atoms. The molecule has 6 N–H and O–H groups in total. The zero-order valence-electron chi connectivity index (χ0n) is 32.9. The van der Waals surface area contributed by atoms with Crippen LogP contribution in [-0.2, 0) is 13.1 Å². The van der Waals surface area contributed by atoms with Crippen LogP contribution < -0.4 is 31.6 Å². The number of benzene rings is 2. The molecule has 4 amide bonds. The zero-order chi connectivity index (χ0) is 39.9. The molecule has 1 saturated carbocycles. The first-order valence-corrected chi connectivity index (χ1v) is 19.1. The van der Waals surface area contributed by atoms with Gasteiger partial charge < -0.3 is 30.1 Å². The highest BCUT2D eigenvalue weighted by molar-refractivity contribution is 7.59. The number of anilines is 2. The van der Waals surface area contributed by atoms with E-state index in [0.29, 0.717) is 95.0 Å². The van der Waals surface area contributed by atoms with Gasteiger partial charge in [-0.1, -0.05) is 0 Å². The lowest BCUT2D eigenvalue weighted by Gasteiger charge is -2.29. The van der Waals surface area contributed by atoms with Crippen molar-refractivity contribution >= 4 is 84.6 Å². The molecule has 3 aliphatic rings. The van der Waals surface area contributed by atoms with Crippen LogP contribution in [-0.4, -0.2) is 75.5 Å². The van der Waals surface area contributed by atoms with Crippen molar-refractivity contribution in [1.82, 2.24) is 38.7 Å². The van der Waals surface area contributed by atoms with Crippen LogP contribution in [0.15, 0.2) is 36.4 Å². The van der Waals surface area contributed by atoms with Gasteiger partial charge in [-0.25, -0.2) is 9.97 Å². The maximum Gasteiger partial charge on any atom is 0.276 e. The molecule has 310 valence electrons. The van der Waals surface area contributed by atoms with Gasteiger partial charge in [-0.2, -0.15) is 37.2 Å². The number of carbonyl (C=O) groups excluding carboxylic acids is 4. The van der Waals surface area contributed by atoms with Crippen molar-refractivity contribution in [3.05, 3.63) is 70.3 Å². The number of nitrogens with zero attached hydrogens (tertiary/aromatic N) is 8. The molecular formula is C39H46N12O6S2. The quantitative estimate of drug-likeness (QED) is 0.136. The number of hydrogen-bond acceptors (Lipinski definition) is 10. The summed E-state index contributed by atoms with van der Waals surface area (Å²) in [7, 11) is 0. The SMILES string of the molecule is CCn1nc(C)cc1C(=O)Nc1nc2cc(C(N)=O)cc3c2n1[C@@H](CC1CC1C[C@H]1COc2cc(C(N)=O)cc4nc(NC(=O)c5cc(C)nn5CC)n1c24)CO3.S.S. The summed E-state index contributed by atoms with van der Waals surface area (Å²) in [6, 6.07) is 9.59. The molecule has 2 aliphatic heterocycles. The van der Waals surface area contributed by atoms with E-state index in [0.717, 1.165) is 30.7 Å². The summed E-state index contributed by atoms with van der Waals surface area (Å²) in [4.78, 5) is 61.2. The standard InChI is InChI=1S/C39H42N12O6.2H2S/c1-5-48-28(7-18(3)46-48)36(54)44-38-42-26-12-22(34(40)52)14-30-32(26)50(38)24(16-56-30)10-20-9-21(20)11-25-17-57-31-15-23(35(41)53)13-27-33(31)51(25)39(43-27)45-37(55)29-8-19(4)47-49(29)6-2;;/h7-8,12-15,20-21,24-25H,5-6,9-11,16-17H2,1-4H3,(H2,40,52)(H2,41,53)(H,42,44,54)(H,43,45,55);2*1H2/t20?,21?,24-,25-;;/m0../s1. The minimum Gasteiger partial charge on any atom is -0.489 e. The number of ether oxygens (including phenoxy) is 2. The maximum absolute atomic E-state index is 13.6. The smallest absolute Gasteiger partial charge is 0.276 e. The number of aryl methyl sites for hydroxylation is 4. The van der Waals surface area contributed by atoms with Gasteiger partial charge in [0.25, 0.3) is 11.8 Å². The fraction of sp³-hybridized carbons (Fsp3) is 0.385. The van der Waals surface area contributed by atoms with Crippen LogP contribution in [0.4, 0.5) is 11.9 Å². The van der Waals surface area contributed by atoms with Crippen LogP contribution in [0.1, 0.15) is 98.3 Å². The second kappa shape index (κ2) is 15.6. The van der Waals surface area contributed by atoms with Crippen LogP contribution in [0.2, 0.25) is 0 Å². The summed E-state index contributed by atoms with van der Waals surface area (Å²) in [5.41, 5.74) is 16.4. The monoisotopic (exact) mass is 842 g/mol. The Labute approximate surface area is 351 Å². The molecule has 0 saturated heterocycles. The fourth-order valence-corrected chi connectivity index (χ4v) is 8.50. The minimum atomic E-state index is -0.606. The number of nitrogens with two attached hydrogens (primary N) is 2. The molecule has 20 heteroatoms. The zero-order valence-corrected chi connectivity index (χ0v) is 34.9. The molecule has 6 heterocycles. The molecule has 0 radical (unpaired) electrons. The van der Waals surface area contributed by atoms with Crippen LogP contribution in [0.5, 0.6) is 11.5 Å². The van der Waals surface area contributed by atoms with Crippen molar-refractivity contribution in [3.63, 3.8) is 0 Å². The first kappa shape index (κ1) is 41.2. The second-order valence-corrected chi connectivity index (χ2v) is 15.1. The van der Waals surface area contributed by atoms with Crippen molar-refractivity contribution in [2.24, 2.45) is 23.3 Å². The fourth-order valence-electron chi connectivity index (χ4n) is 8.50. The van der Waals surface area contributed by atoms with Crippen molar-refractivity contribution in [2.45, 2.75) is 72.1 Å². The average Bonchev–Trinajstić information content (AvgIpc) is 3.52. The Kier molecular flexibility index (Phi) is 10.9. The van der Waals surface area contributed by atoms with Gasteiger partial charge in [-0.15, -0.1) is 0 Å².